The number of ether oxygens (including phenoxy) is 1. The summed E-state index contributed by atoms with van der Waals surface area (Å²) in [6.45, 7) is 2.39. The number of benzene rings is 2. The zero-order valence-electron chi connectivity index (χ0n) is 15.7. The van der Waals surface area contributed by atoms with Crippen molar-refractivity contribution >= 4 is 21.6 Å². The number of primary sulfonamides is 1. The van der Waals surface area contributed by atoms with Gasteiger partial charge in [-0.15, -0.1) is 0 Å². The van der Waals surface area contributed by atoms with Crippen LogP contribution < -0.4 is 15.4 Å². The molecule has 0 saturated carbocycles. The van der Waals surface area contributed by atoms with Gasteiger partial charge in [0.05, 0.1) is 23.4 Å². The smallest absolute Gasteiger partial charge is 0.314 e. The summed E-state index contributed by atoms with van der Waals surface area (Å²) in [6.07, 6.45) is 3.20. The third-order valence-electron chi connectivity index (χ3n) is 4.22. The third kappa shape index (κ3) is 4.84. The Morgan fingerprint density at radius 3 is 2.52 bits per heavy atom. The van der Waals surface area contributed by atoms with Crippen LogP contribution in [0.4, 0.5) is 0 Å². The summed E-state index contributed by atoms with van der Waals surface area (Å²) in [7, 11) is -3.81. The number of aromatic nitrogens is 2. The number of sulfonamides is 1. The fourth-order valence-corrected chi connectivity index (χ4v) is 3.42. The Hall–Kier alpha value is -2.68. The van der Waals surface area contributed by atoms with Gasteiger partial charge in [-0.2, -0.15) is 9.78 Å². The highest BCUT2D eigenvalue weighted by molar-refractivity contribution is 7.89. The van der Waals surface area contributed by atoms with E-state index in [2.05, 4.69) is 5.10 Å². The van der Waals surface area contributed by atoms with Crippen molar-refractivity contribution in [2.45, 2.75) is 24.7 Å². The minimum Gasteiger partial charge on any atom is -0.487 e. The molecule has 0 atom stereocenters. The molecule has 2 aromatic carbocycles. The summed E-state index contributed by atoms with van der Waals surface area (Å²) in [4.78, 5) is 13.1. The molecule has 9 heteroatoms. The lowest BCUT2D eigenvalue weighted by molar-refractivity contribution is 0.304. The molecule has 0 amide bonds. The summed E-state index contributed by atoms with van der Waals surface area (Å²) >= 11 is 6.03. The molecule has 1 heterocycles. The van der Waals surface area contributed by atoms with Gasteiger partial charge in [0, 0.05) is 10.6 Å². The molecule has 0 spiro atoms. The summed E-state index contributed by atoms with van der Waals surface area (Å²) in [5, 5.41) is 9.88. The summed E-state index contributed by atoms with van der Waals surface area (Å²) in [5.74, 6) is 0.136. The second kappa shape index (κ2) is 8.77. The molecule has 0 aliphatic heterocycles. The Labute approximate surface area is 173 Å². The minimum atomic E-state index is -3.81. The maximum atomic E-state index is 13.1. The van der Waals surface area contributed by atoms with E-state index in [1.807, 2.05) is 6.92 Å². The first-order chi connectivity index (χ1) is 13.8. The van der Waals surface area contributed by atoms with Crippen LogP contribution in [0.25, 0.3) is 16.8 Å². The largest absolute Gasteiger partial charge is 0.487 e. The van der Waals surface area contributed by atoms with Gasteiger partial charge in [0.1, 0.15) is 0 Å². The molecule has 0 bridgehead atoms. The molecule has 29 heavy (non-hydrogen) atoms. The van der Waals surface area contributed by atoms with Gasteiger partial charge in [-0.3, -0.25) is 4.79 Å². The van der Waals surface area contributed by atoms with Crippen LogP contribution in [-0.2, 0) is 10.0 Å². The normalized spacial score (nSPS) is 11.4. The predicted octanol–water partition coefficient (Wildman–Crippen LogP) is 3.38. The van der Waals surface area contributed by atoms with Crippen LogP contribution >= 0.6 is 11.6 Å². The van der Waals surface area contributed by atoms with E-state index in [1.54, 1.807) is 36.4 Å². The molecule has 0 fully saturated rings. The van der Waals surface area contributed by atoms with Crippen molar-refractivity contribution in [2.75, 3.05) is 6.61 Å². The minimum absolute atomic E-state index is 0.0186. The maximum absolute atomic E-state index is 13.1. The summed E-state index contributed by atoms with van der Waals surface area (Å²) in [6, 6.07) is 12.7. The monoisotopic (exact) mass is 433 g/mol. The molecule has 7 nitrogen and oxygen atoms in total. The van der Waals surface area contributed by atoms with Crippen LogP contribution in [0.2, 0.25) is 5.02 Å². The van der Waals surface area contributed by atoms with E-state index < -0.39 is 15.6 Å². The number of rotatable bonds is 7. The number of hydrogen-bond donors (Lipinski definition) is 1. The molecule has 0 unspecified atom stereocenters. The SMILES string of the molecule is CCCCOc1c(-c2ccc(S(N)(=O)=O)cc2)cnn(-c2cccc(Cl)c2)c1=O. The molecule has 1 aromatic heterocycles. The average Bonchev–Trinajstić information content (AvgIpc) is 2.68. The van der Waals surface area contributed by atoms with Gasteiger partial charge >= 0.3 is 5.56 Å². The first kappa shape index (κ1) is 21.0. The molecular formula is C20H20ClN3O4S. The van der Waals surface area contributed by atoms with Crippen LogP contribution in [-0.4, -0.2) is 24.8 Å². The fraction of sp³-hybridized carbons (Fsp3) is 0.200. The molecular weight excluding hydrogens is 414 g/mol. The van der Waals surface area contributed by atoms with Crippen molar-refractivity contribution in [3.63, 3.8) is 0 Å². The highest BCUT2D eigenvalue weighted by Gasteiger charge is 2.17. The van der Waals surface area contributed by atoms with Crippen molar-refractivity contribution in [1.29, 1.82) is 0 Å². The van der Waals surface area contributed by atoms with E-state index >= 15 is 0 Å². The van der Waals surface area contributed by atoms with Gasteiger partial charge in [0.15, 0.2) is 5.75 Å². The number of nitrogens with zero attached hydrogens (tertiary/aromatic N) is 2. The Morgan fingerprint density at radius 1 is 1.17 bits per heavy atom. The summed E-state index contributed by atoms with van der Waals surface area (Å²) in [5.41, 5.74) is 1.13. The van der Waals surface area contributed by atoms with E-state index in [0.29, 0.717) is 28.4 Å². The Kier molecular flexibility index (Phi) is 6.36. The fourth-order valence-electron chi connectivity index (χ4n) is 2.72. The van der Waals surface area contributed by atoms with E-state index in [-0.39, 0.29) is 10.6 Å². The van der Waals surface area contributed by atoms with Crippen LogP contribution in [0, 0.1) is 0 Å². The van der Waals surface area contributed by atoms with E-state index in [0.717, 1.165) is 12.8 Å². The van der Waals surface area contributed by atoms with Crippen molar-refractivity contribution in [3.05, 3.63) is 70.1 Å². The van der Waals surface area contributed by atoms with Crippen LogP contribution in [0.5, 0.6) is 5.75 Å². The molecule has 2 N–H and O–H groups in total. The molecule has 152 valence electrons. The summed E-state index contributed by atoms with van der Waals surface area (Å²) < 4.78 is 30.0. The van der Waals surface area contributed by atoms with Crippen LogP contribution in [0.15, 0.2) is 64.4 Å². The van der Waals surface area contributed by atoms with Gasteiger partial charge in [-0.05, 0) is 42.3 Å². The van der Waals surface area contributed by atoms with Gasteiger partial charge in [-0.25, -0.2) is 13.6 Å². The van der Waals surface area contributed by atoms with E-state index in [9.17, 15) is 13.2 Å². The third-order valence-corrected chi connectivity index (χ3v) is 5.39. The predicted molar refractivity (Wildman–Crippen MR) is 112 cm³/mol. The van der Waals surface area contributed by atoms with Crippen LogP contribution in [0.3, 0.4) is 0 Å². The topological polar surface area (TPSA) is 104 Å². The highest BCUT2D eigenvalue weighted by atomic mass is 35.5. The average molecular weight is 434 g/mol. The Bertz CT molecular complexity index is 1180. The van der Waals surface area contributed by atoms with Crippen molar-refractivity contribution in [1.82, 2.24) is 9.78 Å². The second-order valence-electron chi connectivity index (χ2n) is 6.36. The van der Waals surface area contributed by atoms with Crippen molar-refractivity contribution < 1.29 is 13.2 Å². The van der Waals surface area contributed by atoms with Crippen LogP contribution in [0.1, 0.15) is 19.8 Å². The van der Waals surface area contributed by atoms with Crippen molar-refractivity contribution in [3.8, 4) is 22.6 Å². The molecule has 3 rings (SSSR count). The molecule has 0 aliphatic rings. The quantitative estimate of drug-likeness (QED) is 0.575. The Balaban J connectivity index is 2.11. The van der Waals surface area contributed by atoms with Gasteiger partial charge < -0.3 is 4.74 Å². The lowest BCUT2D eigenvalue weighted by Crippen LogP contribution is -2.24. The van der Waals surface area contributed by atoms with E-state index in [1.165, 1.54) is 23.0 Å². The molecule has 0 radical (unpaired) electrons. The number of nitrogens with two attached hydrogens (primary N) is 1. The van der Waals surface area contributed by atoms with Gasteiger partial charge in [0.2, 0.25) is 10.0 Å². The first-order valence-electron chi connectivity index (χ1n) is 8.95. The zero-order valence-corrected chi connectivity index (χ0v) is 17.3. The Morgan fingerprint density at radius 2 is 1.90 bits per heavy atom. The highest BCUT2D eigenvalue weighted by Crippen LogP contribution is 2.28. The van der Waals surface area contributed by atoms with E-state index in [4.69, 9.17) is 21.5 Å². The standard InChI is InChI=1S/C20H20ClN3O4S/c1-2-3-11-28-19-18(14-7-9-17(10-8-14)29(22,26)27)13-23-24(20(19)25)16-6-4-5-15(21)12-16/h4-10,12-13H,2-3,11H2,1H3,(H2,22,26,27). The number of unbranched alkanes of at least 4 members (excludes halogenated alkanes) is 1. The number of halogens is 1. The molecule has 0 aliphatic carbocycles. The van der Waals surface area contributed by atoms with Gasteiger partial charge in [0.25, 0.3) is 0 Å². The maximum Gasteiger partial charge on any atom is 0.314 e. The lowest BCUT2D eigenvalue weighted by Gasteiger charge is -2.13. The molecule has 0 saturated heterocycles. The van der Waals surface area contributed by atoms with Crippen molar-refractivity contribution in [2.24, 2.45) is 5.14 Å². The van der Waals surface area contributed by atoms with Gasteiger partial charge in [-0.1, -0.05) is 43.1 Å². The number of hydrogen-bond acceptors (Lipinski definition) is 5. The molecule has 3 aromatic rings. The first-order valence-corrected chi connectivity index (χ1v) is 10.9. The zero-order chi connectivity index (χ0) is 21.0. The lowest BCUT2D eigenvalue weighted by atomic mass is 10.1. The second-order valence-corrected chi connectivity index (χ2v) is 8.35.